The van der Waals surface area contributed by atoms with Crippen molar-refractivity contribution >= 4 is 17.7 Å². The molecule has 0 aromatic carbocycles. The van der Waals surface area contributed by atoms with Gasteiger partial charge in [0.15, 0.2) is 0 Å². The van der Waals surface area contributed by atoms with Crippen LogP contribution in [0.2, 0.25) is 0 Å². The number of nitrogens with one attached hydrogen (secondary N) is 2. The molecule has 0 bridgehead atoms. The van der Waals surface area contributed by atoms with E-state index < -0.39 is 0 Å². The molecule has 1 atom stereocenters. The second-order valence-electron chi connectivity index (χ2n) is 4.26. The molecule has 1 unspecified atom stereocenters. The van der Waals surface area contributed by atoms with Crippen molar-refractivity contribution in [2.24, 2.45) is 0 Å². The third kappa shape index (κ3) is 4.31. The van der Waals surface area contributed by atoms with Crippen molar-refractivity contribution in [1.82, 2.24) is 10.6 Å². The lowest BCUT2D eigenvalue weighted by Gasteiger charge is -2.28. The summed E-state index contributed by atoms with van der Waals surface area (Å²) in [5.41, 5.74) is -0.0379. The lowest BCUT2D eigenvalue weighted by molar-refractivity contribution is -0.121. The fraction of sp³-hybridized carbons (Fsp3) is 0.909. The number of carbonyl (C=O) groups excluding carboxylic acids is 1. The lowest BCUT2D eigenvalue weighted by Crippen LogP contribution is -2.53. The number of rotatable bonds is 7. The van der Waals surface area contributed by atoms with E-state index in [0.717, 1.165) is 25.1 Å². The number of hydrogen-bond donors (Lipinski definition) is 2. The number of hydrogen-bond acceptors (Lipinski definition) is 4. The molecule has 5 heteroatoms. The van der Waals surface area contributed by atoms with E-state index in [9.17, 15) is 4.79 Å². The first-order chi connectivity index (χ1) is 7.72. The third-order valence-corrected chi connectivity index (χ3v) is 3.52. The number of ether oxygens (including phenoxy) is 1. The van der Waals surface area contributed by atoms with Gasteiger partial charge in [-0.1, -0.05) is 0 Å². The van der Waals surface area contributed by atoms with Gasteiger partial charge in [0.25, 0.3) is 0 Å². The van der Waals surface area contributed by atoms with Crippen LogP contribution in [-0.4, -0.2) is 50.3 Å². The highest BCUT2D eigenvalue weighted by Gasteiger charge is 2.33. The van der Waals surface area contributed by atoms with Gasteiger partial charge in [0.2, 0.25) is 5.91 Å². The van der Waals surface area contributed by atoms with Crippen LogP contribution in [0.4, 0.5) is 0 Å². The van der Waals surface area contributed by atoms with Crippen LogP contribution in [0.5, 0.6) is 0 Å². The second-order valence-corrected chi connectivity index (χ2v) is 5.25. The van der Waals surface area contributed by atoms with E-state index in [1.165, 1.54) is 0 Å². The van der Waals surface area contributed by atoms with E-state index in [2.05, 4.69) is 10.6 Å². The zero-order valence-electron chi connectivity index (χ0n) is 10.2. The van der Waals surface area contributed by atoms with E-state index in [1.54, 1.807) is 18.9 Å². The number of thioether (sulfide) groups is 1. The van der Waals surface area contributed by atoms with Crippen LogP contribution < -0.4 is 10.6 Å². The van der Waals surface area contributed by atoms with Crippen LogP contribution in [0.1, 0.15) is 19.3 Å². The van der Waals surface area contributed by atoms with Crippen molar-refractivity contribution in [2.45, 2.75) is 24.8 Å². The molecule has 1 heterocycles. The monoisotopic (exact) mass is 246 g/mol. The predicted molar refractivity (Wildman–Crippen MR) is 67.9 cm³/mol. The van der Waals surface area contributed by atoms with E-state index in [1.807, 2.05) is 6.26 Å². The average molecular weight is 246 g/mol. The van der Waals surface area contributed by atoms with Gasteiger partial charge in [-0.25, -0.2) is 0 Å². The van der Waals surface area contributed by atoms with Gasteiger partial charge in [-0.3, -0.25) is 4.79 Å². The van der Waals surface area contributed by atoms with Crippen LogP contribution in [0.3, 0.4) is 0 Å². The molecule has 0 aromatic heterocycles. The molecule has 2 N–H and O–H groups in total. The van der Waals surface area contributed by atoms with Gasteiger partial charge in [0.1, 0.15) is 0 Å². The summed E-state index contributed by atoms with van der Waals surface area (Å²) in [6.45, 7) is 2.36. The molecule has 94 valence electrons. The second kappa shape index (κ2) is 7.14. The number of amides is 1. The standard InChI is InChI=1S/C11H22N2O2S/c1-15-9-11(5-3-6-13-11)8-12-10(14)4-7-16-2/h13H,3-9H2,1-2H3,(H,12,14). The highest BCUT2D eigenvalue weighted by Crippen LogP contribution is 2.18. The lowest BCUT2D eigenvalue weighted by atomic mass is 9.98. The van der Waals surface area contributed by atoms with Gasteiger partial charge in [-0.05, 0) is 25.6 Å². The molecule has 1 amide bonds. The summed E-state index contributed by atoms with van der Waals surface area (Å²) in [5.74, 6) is 1.02. The van der Waals surface area contributed by atoms with Gasteiger partial charge >= 0.3 is 0 Å². The first-order valence-corrected chi connectivity index (χ1v) is 7.11. The maximum absolute atomic E-state index is 11.5. The highest BCUT2D eigenvalue weighted by atomic mass is 32.2. The molecule has 0 aliphatic carbocycles. The first-order valence-electron chi connectivity index (χ1n) is 5.72. The SMILES string of the molecule is COCC1(CNC(=O)CCSC)CCCN1. The summed E-state index contributed by atoms with van der Waals surface area (Å²) >= 11 is 1.70. The van der Waals surface area contributed by atoms with Gasteiger partial charge < -0.3 is 15.4 Å². The Kier molecular flexibility index (Phi) is 6.16. The molecule has 1 saturated heterocycles. The quantitative estimate of drug-likeness (QED) is 0.691. The highest BCUT2D eigenvalue weighted by molar-refractivity contribution is 7.98. The summed E-state index contributed by atoms with van der Waals surface area (Å²) in [6, 6.07) is 0. The maximum Gasteiger partial charge on any atom is 0.220 e. The van der Waals surface area contributed by atoms with Gasteiger partial charge in [0, 0.05) is 25.8 Å². The fourth-order valence-corrected chi connectivity index (χ4v) is 2.41. The largest absolute Gasteiger partial charge is 0.383 e. The van der Waals surface area contributed by atoms with E-state index in [4.69, 9.17) is 4.74 Å². The van der Waals surface area contributed by atoms with Crippen molar-refractivity contribution in [3.05, 3.63) is 0 Å². The Balaban J connectivity index is 2.29. The third-order valence-electron chi connectivity index (χ3n) is 2.91. The Hall–Kier alpha value is -0.260. The summed E-state index contributed by atoms with van der Waals surface area (Å²) in [7, 11) is 1.71. The number of carbonyl (C=O) groups is 1. The summed E-state index contributed by atoms with van der Waals surface area (Å²) < 4.78 is 5.22. The molecule has 1 fully saturated rings. The van der Waals surface area contributed by atoms with Crippen LogP contribution in [0.25, 0.3) is 0 Å². The first kappa shape index (κ1) is 13.8. The topological polar surface area (TPSA) is 50.4 Å². The number of methoxy groups -OCH3 is 1. The Labute approximate surface area is 102 Å². The van der Waals surface area contributed by atoms with Crippen molar-refractivity contribution in [3.8, 4) is 0 Å². The van der Waals surface area contributed by atoms with Crippen molar-refractivity contribution in [1.29, 1.82) is 0 Å². The Morgan fingerprint density at radius 2 is 2.44 bits per heavy atom. The normalized spacial score (nSPS) is 24.6. The summed E-state index contributed by atoms with van der Waals surface area (Å²) in [4.78, 5) is 11.5. The molecular weight excluding hydrogens is 224 g/mol. The van der Waals surface area contributed by atoms with Gasteiger partial charge in [-0.15, -0.1) is 0 Å². The fourth-order valence-electron chi connectivity index (χ4n) is 2.02. The van der Waals surface area contributed by atoms with Crippen LogP contribution in [0, 0.1) is 0 Å². The van der Waals surface area contributed by atoms with E-state index in [0.29, 0.717) is 19.6 Å². The van der Waals surface area contributed by atoms with Gasteiger partial charge in [0.05, 0.1) is 12.1 Å². The van der Waals surface area contributed by atoms with Crippen LogP contribution >= 0.6 is 11.8 Å². The maximum atomic E-state index is 11.5. The molecule has 0 aromatic rings. The summed E-state index contributed by atoms with van der Waals surface area (Å²) in [5, 5.41) is 6.43. The van der Waals surface area contributed by atoms with Crippen molar-refractivity contribution in [2.75, 3.05) is 38.8 Å². The minimum absolute atomic E-state index is 0.0379. The van der Waals surface area contributed by atoms with E-state index >= 15 is 0 Å². The van der Waals surface area contributed by atoms with Crippen molar-refractivity contribution < 1.29 is 9.53 Å². The minimum atomic E-state index is -0.0379. The zero-order valence-corrected chi connectivity index (χ0v) is 11.0. The summed E-state index contributed by atoms with van der Waals surface area (Å²) in [6.07, 6.45) is 4.84. The molecule has 0 spiro atoms. The van der Waals surface area contributed by atoms with Crippen LogP contribution in [-0.2, 0) is 9.53 Å². The molecule has 16 heavy (non-hydrogen) atoms. The molecule has 0 saturated carbocycles. The predicted octanol–water partition coefficient (Wildman–Crippen LogP) is 0.624. The Bertz CT molecular complexity index is 218. The van der Waals surface area contributed by atoms with Crippen molar-refractivity contribution in [3.63, 3.8) is 0 Å². The molecular formula is C11H22N2O2S. The molecule has 4 nitrogen and oxygen atoms in total. The Morgan fingerprint density at radius 1 is 1.62 bits per heavy atom. The minimum Gasteiger partial charge on any atom is -0.383 e. The molecule has 1 rings (SSSR count). The molecule has 1 aliphatic heterocycles. The molecule has 0 radical (unpaired) electrons. The average Bonchev–Trinajstić information content (AvgIpc) is 2.73. The van der Waals surface area contributed by atoms with Gasteiger partial charge in [-0.2, -0.15) is 11.8 Å². The van der Waals surface area contributed by atoms with E-state index in [-0.39, 0.29) is 11.4 Å². The smallest absolute Gasteiger partial charge is 0.220 e. The zero-order chi connectivity index (χ0) is 11.9. The molecule has 1 aliphatic rings. The Morgan fingerprint density at radius 3 is 3.00 bits per heavy atom. The van der Waals surface area contributed by atoms with Crippen LogP contribution in [0.15, 0.2) is 0 Å².